The van der Waals surface area contributed by atoms with Gasteiger partial charge in [0, 0.05) is 36.4 Å². The summed E-state index contributed by atoms with van der Waals surface area (Å²) >= 11 is 0. The van der Waals surface area contributed by atoms with E-state index in [1.54, 1.807) is 43.6 Å². The summed E-state index contributed by atoms with van der Waals surface area (Å²) in [6.07, 6.45) is 3.93. The largest absolute Gasteiger partial charge is 0.493 e. The minimum atomic E-state index is -0.680. The van der Waals surface area contributed by atoms with E-state index in [2.05, 4.69) is 9.88 Å². The van der Waals surface area contributed by atoms with Gasteiger partial charge >= 0.3 is 0 Å². The fraction of sp³-hybridized carbons (Fsp3) is 0.353. The molecule has 0 amide bonds. The molecule has 0 aliphatic carbocycles. The Labute approximate surface area is 246 Å². The number of benzene rings is 3. The lowest BCUT2D eigenvalue weighted by atomic mass is 10.0. The number of carbonyl (C=O) groups excluding carboxylic acids is 1. The molecule has 0 radical (unpaired) electrons. The van der Waals surface area contributed by atoms with Crippen LogP contribution in [0.15, 0.2) is 72.9 Å². The van der Waals surface area contributed by atoms with Crippen LogP contribution in [0.3, 0.4) is 0 Å². The molecule has 2 N–H and O–H groups in total. The van der Waals surface area contributed by atoms with Crippen molar-refractivity contribution in [2.24, 2.45) is 5.92 Å². The predicted octanol–water partition coefficient (Wildman–Crippen LogP) is 5.41. The van der Waals surface area contributed by atoms with E-state index >= 15 is 0 Å². The minimum absolute atomic E-state index is 0.103. The van der Waals surface area contributed by atoms with Crippen LogP contribution in [0.25, 0.3) is 10.9 Å². The van der Waals surface area contributed by atoms with Gasteiger partial charge in [-0.05, 0) is 69.5 Å². The first-order chi connectivity index (χ1) is 20.4. The predicted molar refractivity (Wildman–Crippen MR) is 162 cm³/mol. The van der Waals surface area contributed by atoms with Gasteiger partial charge in [0.1, 0.15) is 24.2 Å². The molecule has 2 heterocycles. The molecule has 1 saturated heterocycles. The highest BCUT2D eigenvalue weighted by Crippen LogP contribution is 2.38. The summed E-state index contributed by atoms with van der Waals surface area (Å²) in [6.45, 7) is 4.53. The molecular formula is C34H38N2O6. The van der Waals surface area contributed by atoms with Crippen LogP contribution in [0.5, 0.6) is 23.0 Å². The SMILES string of the molecule is COc1cc2c(Oc3ccc(C)cc3C(=O)c3ccccc3)ccnc2cc1OCC(O)CN1CCCC(CO)CC1. The smallest absolute Gasteiger partial charge is 0.196 e. The van der Waals surface area contributed by atoms with Crippen molar-refractivity contribution in [3.05, 3.63) is 89.6 Å². The summed E-state index contributed by atoms with van der Waals surface area (Å²) < 4.78 is 18.0. The molecule has 0 spiro atoms. The van der Waals surface area contributed by atoms with Crippen LogP contribution in [0, 0.1) is 12.8 Å². The number of hydrogen-bond donors (Lipinski definition) is 2. The number of likely N-dealkylation sites (tertiary alicyclic amines) is 1. The van der Waals surface area contributed by atoms with Crippen LogP contribution >= 0.6 is 0 Å². The third kappa shape index (κ3) is 7.07. The number of pyridine rings is 1. The van der Waals surface area contributed by atoms with Crippen LogP contribution < -0.4 is 14.2 Å². The molecule has 2 atom stereocenters. The van der Waals surface area contributed by atoms with Crippen molar-refractivity contribution >= 4 is 16.7 Å². The standard InChI is InChI=1S/C34H38N2O6/c1-23-10-11-30(28(17-23)34(39)25-8-4-3-5-9-25)42-31-12-14-35-29-19-33(32(40-2)18-27(29)31)41-22-26(38)20-36-15-6-7-24(21-37)13-16-36/h3-5,8-12,14,17-19,24,26,37-38H,6-7,13,15-16,20-22H2,1-2H3. The lowest BCUT2D eigenvalue weighted by Crippen LogP contribution is -2.36. The van der Waals surface area contributed by atoms with Crippen molar-refractivity contribution in [1.82, 2.24) is 9.88 Å². The second-order valence-corrected chi connectivity index (χ2v) is 10.9. The first kappa shape index (κ1) is 29.5. The van der Waals surface area contributed by atoms with E-state index in [9.17, 15) is 15.0 Å². The number of aryl methyl sites for hydroxylation is 1. The van der Waals surface area contributed by atoms with Gasteiger partial charge in [0.2, 0.25) is 0 Å². The highest BCUT2D eigenvalue weighted by Gasteiger charge is 2.21. The van der Waals surface area contributed by atoms with Crippen LogP contribution in [0.2, 0.25) is 0 Å². The monoisotopic (exact) mass is 570 g/mol. The van der Waals surface area contributed by atoms with Crippen molar-refractivity contribution in [2.75, 3.05) is 40.0 Å². The van der Waals surface area contributed by atoms with Gasteiger partial charge in [-0.3, -0.25) is 9.78 Å². The Hall–Kier alpha value is -3.98. The molecule has 1 aliphatic heterocycles. The third-order valence-corrected chi connectivity index (χ3v) is 7.72. The number of fused-ring (bicyclic) bond motifs is 1. The fourth-order valence-corrected chi connectivity index (χ4v) is 5.39. The van der Waals surface area contributed by atoms with Gasteiger partial charge in [-0.2, -0.15) is 0 Å². The van der Waals surface area contributed by atoms with E-state index in [1.807, 2.05) is 43.3 Å². The molecule has 5 rings (SSSR count). The average molecular weight is 571 g/mol. The molecule has 3 aromatic carbocycles. The summed E-state index contributed by atoms with van der Waals surface area (Å²) in [5.74, 6) is 2.15. The van der Waals surface area contributed by atoms with Crippen LogP contribution in [0.4, 0.5) is 0 Å². The van der Waals surface area contributed by atoms with E-state index in [4.69, 9.17) is 14.2 Å². The number of β-amino-alcohol motifs (C(OH)–C–C–N with tert-alkyl or cyclic N) is 1. The topological polar surface area (TPSA) is 101 Å². The molecule has 2 unspecified atom stereocenters. The number of methoxy groups -OCH3 is 1. The minimum Gasteiger partial charge on any atom is -0.493 e. The number of nitrogens with zero attached hydrogens (tertiary/aromatic N) is 2. The first-order valence-corrected chi connectivity index (χ1v) is 14.4. The van der Waals surface area contributed by atoms with Gasteiger partial charge in [-0.25, -0.2) is 0 Å². The molecule has 0 bridgehead atoms. The van der Waals surface area contributed by atoms with Crippen molar-refractivity contribution in [3.8, 4) is 23.0 Å². The lowest BCUT2D eigenvalue weighted by molar-refractivity contribution is 0.0677. The van der Waals surface area contributed by atoms with Crippen LogP contribution in [0.1, 0.15) is 40.7 Å². The normalized spacial score (nSPS) is 16.5. The van der Waals surface area contributed by atoms with Gasteiger partial charge in [0.05, 0.1) is 18.2 Å². The summed E-state index contributed by atoms with van der Waals surface area (Å²) in [5.41, 5.74) is 2.65. The Kier molecular flexibility index (Phi) is 9.69. The molecule has 220 valence electrons. The Morgan fingerprint density at radius 3 is 2.62 bits per heavy atom. The molecule has 1 fully saturated rings. The highest BCUT2D eigenvalue weighted by molar-refractivity contribution is 6.11. The second kappa shape index (κ2) is 13.8. The van der Waals surface area contributed by atoms with E-state index in [0.29, 0.717) is 57.5 Å². The van der Waals surface area contributed by atoms with Crippen LogP contribution in [-0.4, -0.2) is 71.9 Å². The number of rotatable bonds is 11. The van der Waals surface area contributed by atoms with Crippen molar-refractivity contribution in [2.45, 2.75) is 32.3 Å². The zero-order chi connectivity index (χ0) is 29.5. The number of aliphatic hydroxyl groups is 2. The molecule has 1 aromatic heterocycles. The zero-order valence-corrected chi connectivity index (χ0v) is 24.2. The maximum absolute atomic E-state index is 13.4. The maximum atomic E-state index is 13.4. The molecule has 1 aliphatic rings. The Balaban J connectivity index is 1.34. The van der Waals surface area contributed by atoms with E-state index in [-0.39, 0.29) is 19.0 Å². The molecule has 4 aromatic rings. The van der Waals surface area contributed by atoms with Gasteiger partial charge in [0.15, 0.2) is 17.3 Å². The van der Waals surface area contributed by atoms with Gasteiger partial charge in [-0.15, -0.1) is 0 Å². The number of aliphatic hydroxyl groups excluding tert-OH is 2. The Morgan fingerprint density at radius 2 is 1.83 bits per heavy atom. The summed E-state index contributed by atoms with van der Waals surface area (Å²) in [6, 6.07) is 20.0. The van der Waals surface area contributed by atoms with E-state index in [1.165, 1.54) is 0 Å². The Bertz CT molecular complexity index is 1510. The van der Waals surface area contributed by atoms with Gasteiger partial charge in [-0.1, -0.05) is 42.0 Å². The number of aromatic nitrogens is 1. The fourth-order valence-electron chi connectivity index (χ4n) is 5.39. The van der Waals surface area contributed by atoms with Crippen LogP contribution in [-0.2, 0) is 0 Å². The number of hydrogen-bond acceptors (Lipinski definition) is 8. The zero-order valence-electron chi connectivity index (χ0n) is 24.2. The Morgan fingerprint density at radius 1 is 1.00 bits per heavy atom. The van der Waals surface area contributed by atoms with E-state index < -0.39 is 6.10 Å². The van der Waals surface area contributed by atoms with E-state index in [0.717, 1.165) is 37.9 Å². The summed E-state index contributed by atoms with van der Waals surface area (Å²) in [4.78, 5) is 20.1. The first-order valence-electron chi connectivity index (χ1n) is 14.4. The molecule has 0 saturated carbocycles. The number of carbonyl (C=O) groups is 1. The lowest BCUT2D eigenvalue weighted by Gasteiger charge is -2.23. The van der Waals surface area contributed by atoms with Gasteiger partial charge < -0.3 is 29.3 Å². The van der Waals surface area contributed by atoms with Crippen molar-refractivity contribution < 1.29 is 29.2 Å². The summed E-state index contributed by atoms with van der Waals surface area (Å²) in [5, 5.41) is 20.9. The third-order valence-electron chi connectivity index (χ3n) is 7.72. The molecule has 8 heteroatoms. The molecule has 42 heavy (non-hydrogen) atoms. The molecule has 8 nitrogen and oxygen atoms in total. The quantitative estimate of drug-likeness (QED) is 0.231. The van der Waals surface area contributed by atoms with Gasteiger partial charge in [0.25, 0.3) is 0 Å². The second-order valence-electron chi connectivity index (χ2n) is 10.9. The number of ketones is 1. The maximum Gasteiger partial charge on any atom is 0.196 e. The highest BCUT2D eigenvalue weighted by atomic mass is 16.5. The average Bonchev–Trinajstić information content (AvgIpc) is 3.25. The van der Waals surface area contributed by atoms with Crippen molar-refractivity contribution in [3.63, 3.8) is 0 Å². The molecular weight excluding hydrogens is 532 g/mol. The number of ether oxygens (including phenoxy) is 3. The van der Waals surface area contributed by atoms with Crippen molar-refractivity contribution in [1.29, 1.82) is 0 Å². The summed E-state index contributed by atoms with van der Waals surface area (Å²) in [7, 11) is 1.56.